The van der Waals surface area contributed by atoms with Gasteiger partial charge in [-0.15, -0.1) is 0 Å². The highest BCUT2D eigenvalue weighted by molar-refractivity contribution is 9.12. The average Bonchev–Trinajstić information content (AvgIpc) is 2.98. The van der Waals surface area contributed by atoms with E-state index in [0.29, 0.717) is 5.82 Å². The van der Waals surface area contributed by atoms with Gasteiger partial charge in [0, 0.05) is 0 Å². The van der Waals surface area contributed by atoms with Crippen LogP contribution in [-0.2, 0) is 4.32 Å². The summed E-state index contributed by atoms with van der Waals surface area (Å²) in [6, 6.07) is 19.9. The van der Waals surface area contributed by atoms with Crippen LogP contribution in [0.1, 0.15) is 16.2 Å². The van der Waals surface area contributed by atoms with Gasteiger partial charge in [-0.3, -0.25) is 0 Å². The van der Waals surface area contributed by atoms with Crippen LogP contribution in [0.2, 0.25) is 0 Å². The number of fused-ring (bicyclic) bond motifs is 1. The van der Waals surface area contributed by atoms with Crippen molar-refractivity contribution in [2.24, 2.45) is 0 Å². The monoisotopic (exact) mass is 403 g/mol. The van der Waals surface area contributed by atoms with Crippen LogP contribution in [-0.4, -0.2) is 9.97 Å². The van der Waals surface area contributed by atoms with Gasteiger partial charge in [0.1, 0.15) is 5.82 Å². The minimum atomic E-state index is -0.965. The van der Waals surface area contributed by atoms with Crippen molar-refractivity contribution in [2.45, 2.75) is 9.15 Å². The second-order valence-corrected chi connectivity index (χ2v) is 6.87. The molecule has 0 aliphatic heterocycles. The number of halogens is 2. The van der Waals surface area contributed by atoms with Crippen molar-refractivity contribution >= 4 is 42.9 Å². The Labute approximate surface area is 139 Å². The summed E-state index contributed by atoms with van der Waals surface area (Å²) >= 11 is 7.20. The molecular weight excluding hydrogens is 394 g/mol. The number of aromatic nitrogens is 2. The lowest BCUT2D eigenvalue weighted by Gasteiger charge is -2.23. The molecule has 0 fully saturated rings. The molecule has 1 heterocycles. The second kappa shape index (κ2) is 5.63. The molecule has 0 unspecified atom stereocenters. The van der Waals surface area contributed by atoms with Crippen LogP contribution in [0.5, 0.6) is 0 Å². The number of imidazole rings is 1. The molecule has 1 aromatic heterocycles. The van der Waals surface area contributed by atoms with E-state index < -0.39 is 4.32 Å². The first kappa shape index (κ1) is 14.3. The minimum absolute atomic E-state index is 0.225. The van der Waals surface area contributed by atoms with Gasteiger partial charge in [0.25, 0.3) is 0 Å². The molecule has 2 atom stereocenters. The van der Waals surface area contributed by atoms with Gasteiger partial charge >= 0.3 is 0 Å². The van der Waals surface area contributed by atoms with Gasteiger partial charge in [0.2, 0.25) is 0 Å². The van der Waals surface area contributed by atoms with Crippen LogP contribution in [0.25, 0.3) is 11.0 Å². The van der Waals surface area contributed by atoms with Crippen molar-refractivity contribution < 1.29 is 0 Å². The van der Waals surface area contributed by atoms with Gasteiger partial charge in [-0.25, -0.2) is 4.98 Å². The van der Waals surface area contributed by atoms with Gasteiger partial charge in [0.05, 0.1) is 21.9 Å². The molecule has 3 rings (SSSR count). The molecule has 0 radical (unpaired) electrons. The van der Waals surface area contributed by atoms with E-state index in [-0.39, 0.29) is 4.83 Å². The quantitative estimate of drug-likeness (QED) is 0.636. The maximum Gasteiger partial charge on any atom is 0.185 e. The zero-order valence-electron chi connectivity index (χ0n) is 10.9. The molecule has 0 spiro atoms. The lowest BCUT2D eigenvalue weighted by atomic mass is 9.99. The largest absolute Gasteiger partial charge is 0.340 e. The number of H-pyrrole nitrogens is 1. The highest BCUT2D eigenvalue weighted by Gasteiger charge is 2.41. The minimum Gasteiger partial charge on any atom is -0.340 e. The number of nitrogens with one attached hydrogen (secondary N) is 1. The molecule has 0 amide bonds. The Morgan fingerprint density at radius 2 is 1.76 bits per heavy atom. The molecule has 0 aliphatic carbocycles. The van der Waals surface area contributed by atoms with Gasteiger partial charge in [-0.05, 0) is 17.7 Å². The maximum absolute atomic E-state index is 9.71. The van der Waals surface area contributed by atoms with Crippen molar-refractivity contribution in [3.63, 3.8) is 0 Å². The van der Waals surface area contributed by atoms with E-state index >= 15 is 0 Å². The topological polar surface area (TPSA) is 52.5 Å². The average molecular weight is 405 g/mol. The van der Waals surface area contributed by atoms with Crippen molar-refractivity contribution in [3.8, 4) is 6.07 Å². The van der Waals surface area contributed by atoms with Crippen molar-refractivity contribution in [2.75, 3.05) is 0 Å². The van der Waals surface area contributed by atoms with Crippen LogP contribution in [0.3, 0.4) is 0 Å². The number of rotatable bonds is 3. The molecule has 1 N–H and O–H groups in total. The number of aromatic amines is 1. The Morgan fingerprint density at radius 1 is 1.10 bits per heavy atom. The van der Waals surface area contributed by atoms with Crippen LogP contribution < -0.4 is 0 Å². The Balaban J connectivity index is 2.09. The summed E-state index contributed by atoms with van der Waals surface area (Å²) in [6.07, 6.45) is 0. The highest BCUT2D eigenvalue weighted by Crippen LogP contribution is 2.47. The van der Waals surface area contributed by atoms with Crippen LogP contribution >= 0.6 is 31.9 Å². The van der Waals surface area contributed by atoms with Crippen molar-refractivity contribution in [3.05, 3.63) is 66.0 Å². The zero-order chi connectivity index (χ0) is 14.9. The number of hydrogen-bond acceptors (Lipinski definition) is 2. The molecule has 5 heteroatoms. The Kier molecular flexibility index (Phi) is 3.83. The lowest BCUT2D eigenvalue weighted by molar-refractivity contribution is 0.738. The predicted molar refractivity (Wildman–Crippen MR) is 90.4 cm³/mol. The number of hydrogen-bond donors (Lipinski definition) is 1. The smallest absolute Gasteiger partial charge is 0.185 e. The third kappa shape index (κ3) is 2.50. The Morgan fingerprint density at radius 3 is 2.43 bits per heavy atom. The summed E-state index contributed by atoms with van der Waals surface area (Å²) in [7, 11) is 0. The molecule has 3 nitrogen and oxygen atoms in total. The van der Waals surface area contributed by atoms with Crippen LogP contribution in [0, 0.1) is 11.3 Å². The molecule has 21 heavy (non-hydrogen) atoms. The summed E-state index contributed by atoms with van der Waals surface area (Å²) in [5.41, 5.74) is 2.77. The van der Waals surface area contributed by atoms with Gasteiger partial charge < -0.3 is 4.98 Å². The molecule has 3 aromatic rings. The number of nitriles is 1. The fourth-order valence-electron chi connectivity index (χ4n) is 2.21. The number of benzene rings is 2. The van der Waals surface area contributed by atoms with E-state index in [1.54, 1.807) is 0 Å². The van der Waals surface area contributed by atoms with Crippen molar-refractivity contribution in [1.82, 2.24) is 9.97 Å². The van der Waals surface area contributed by atoms with Crippen LogP contribution in [0.15, 0.2) is 54.6 Å². The van der Waals surface area contributed by atoms with E-state index in [0.717, 1.165) is 16.6 Å². The first-order valence-electron chi connectivity index (χ1n) is 6.39. The van der Waals surface area contributed by atoms with Crippen molar-refractivity contribution in [1.29, 1.82) is 5.26 Å². The maximum atomic E-state index is 9.71. The molecule has 0 bridgehead atoms. The highest BCUT2D eigenvalue weighted by atomic mass is 79.9. The van der Waals surface area contributed by atoms with E-state index in [1.807, 2.05) is 54.6 Å². The summed E-state index contributed by atoms with van der Waals surface area (Å²) < 4.78 is -0.965. The molecule has 0 saturated heterocycles. The number of alkyl halides is 2. The third-order valence-electron chi connectivity index (χ3n) is 3.34. The SMILES string of the molecule is N#C[C@@](Br)(c1nc2ccccc2[nH]1)[C@@H](Br)c1ccccc1. The molecule has 2 aromatic carbocycles. The van der Waals surface area contributed by atoms with E-state index in [2.05, 4.69) is 47.9 Å². The Hall–Kier alpha value is -1.64. The summed E-state index contributed by atoms with van der Waals surface area (Å²) in [5.74, 6) is 0.594. The number of para-hydroxylation sites is 2. The summed E-state index contributed by atoms with van der Waals surface area (Å²) in [5, 5.41) is 9.71. The van der Waals surface area contributed by atoms with E-state index in [4.69, 9.17) is 0 Å². The fourth-order valence-corrected chi connectivity index (χ4v) is 3.28. The summed E-state index contributed by atoms with van der Waals surface area (Å²) in [6.45, 7) is 0. The molecule has 0 saturated carbocycles. The molecular formula is C16H11Br2N3. The normalized spacial score (nSPS) is 15.3. The zero-order valence-corrected chi connectivity index (χ0v) is 14.1. The Bertz CT molecular complexity index is 774. The van der Waals surface area contributed by atoms with Crippen LogP contribution in [0.4, 0.5) is 0 Å². The lowest BCUT2D eigenvalue weighted by Crippen LogP contribution is -2.23. The second-order valence-electron chi connectivity index (χ2n) is 4.70. The standard InChI is InChI=1S/C16H11Br2N3/c17-14(11-6-2-1-3-7-11)16(18,10-19)15-20-12-8-4-5-9-13(12)21-15/h1-9,14H,(H,20,21)/t14-,16-/m0/s1. The molecule has 104 valence electrons. The summed E-state index contributed by atoms with van der Waals surface area (Å²) in [4.78, 5) is 7.55. The van der Waals surface area contributed by atoms with E-state index in [9.17, 15) is 5.26 Å². The van der Waals surface area contributed by atoms with Gasteiger partial charge in [-0.2, -0.15) is 5.26 Å². The first-order valence-corrected chi connectivity index (χ1v) is 8.10. The van der Waals surface area contributed by atoms with Gasteiger partial charge in [0.15, 0.2) is 4.32 Å². The third-order valence-corrected chi connectivity index (χ3v) is 6.18. The van der Waals surface area contributed by atoms with E-state index in [1.165, 1.54) is 0 Å². The van der Waals surface area contributed by atoms with Gasteiger partial charge in [-0.1, -0.05) is 74.3 Å². The number of nitrogens with zero attached hydrogens (tertiary/aromatic N) is 2. The fraction of sp³-hybridized carbons (Fsp3) is 0.125. The first-order chi connectivity index (χ1) is 10.1. The molecule has 0 aliphatic rings. The predicted octanol–water partition coefficient (Wildman–Crippen LogP) is 4.81.